The summed E-state index contributed by atoms with van der Waals surface area (Å²) in [4.78, 5) is 0.240. The Balaban J connectivity index is 1.81. The van der Waals surface area contributed by atoms with Crippen molar-refractivity contribution in [1.29, 1.82) is 0 Å². The van der Waals surface area contributed by atoms with E-state index in [-0.39, 0.29) is 16.0 Å². The van der Waals surface area contributed by atoms with E-state index in [9.17, 15) is 8.42 Å². The molecule has 1 aromatic rings. The summed E-state index contributed by atoms with van der Waals surface area (Å²) in [6, 6.07) is 0. The second kappa shape index (κ2) is 4.59. The number of hydrogen-bond acceptors (Lipinski definition) is 6. The number of hydrogen-bond donors (Lipinski definition) is 2. The van der Waals surface area contributed by atoms with E-state index in [2.05, 4.69) is 23.5 Å². The number of rotatable bonds is 6. The summed E-state index contributed by atoms with van der Waals surface area (Å²) in [5.74, 6) is 0.752. The van der Waals surface area contributed by atoms with Crippen LogP contribution in [0.2, 0.25) is 0 Å². The molecule has 0 radical (unpaired) electrons. The van der Waals surface area contributed by atoms with Crippen molar-refractivity contribution < 1.29 is 8.42 Å². The molecule has 2 aliphatic rings. The van der Waals surface area contributed by atoms with Crippen molar-refractivity contribution in [2.75, 3.05) is 17.6 Å². The molecule has 0 aromatic carbocycles. The van der Waals surface area contributed by atoms with Crippen LogP contribution in [0.5, 0.6) is 0 Å². The summed E-state index contributed by atoms with van der Waals surface area (Å²) in [5, 5.41) is 3.68. The predicted octanol–water partition coefficient (Wildman–Crippen LogP) is 2.51. The average Bonchev–Trinajstić information content (AvgIpc) is 3.24. The standard InChI is InChI=1S/C13H21N3O2S2/c1-8(2)13(5-6-13)7-15-12-10(11(14)16-19-12)20(17,18)9-3-4-9/h8-9,15H,3-7H2,1-2H3,(H2,14,16). The lowest BCUT2D eigenvalue weighted by Crippen LogP contribution is -2.21. The summed E-state index contributed by atoms with van der Waals surface area (Å²) in [7, 11) is -3.29. The first kappa shape index (κ1) is 14.1. The van der Waals surface area contributed by atoms with Gasteiger partial charge in [0, 0.05) is 6.54 Å². The highest BCUT2D eigenvalue weighted by atomic mass is 32.2. The Kier molecular flexibility index (Phi) is 3.25. The predicted molar refractivity (Wildman–Crippen MR) is 81.7 cm³/mol. The van der Waals surface area contributed by atoms with Crippen molar-refractivity contribution >= 4 is 32.2 Å². The molecule has 0 atom stereocenters. The summed E-state index contributed by atoms with van der Waals surface area (Å²) < 4.78 is 28.9. The van der Waals surface area contributed by atoms with E-state index in [1.165, 1.54) is 12.8 Å². The van der Waals surface area contributed by atoms with Gasteiger partial charge in [-0.2, -0.15) is 4.37 Å². The van der Waals surface area contributed by atoms with Gasteiger partial charge in [-0.1, -0.05) is 13.8 Å². The minimum absolute atomic E-state index is 0.152. The van der Waals surface area contributed by atoms with E-state index < -0.39 is 9.84 Å². The number of nitrogens with zero attached hydrogens (tertiary/aromatic N) is 1. The van der Waals surface area contributed by atoms with E-state index in [4.69, 9.17) is 5.73 Å². The highest BCUT2D eigenvalue weighted by Crippen LogP contribution is 2.52. The Hall–Kier alpha value is -0.820. The lowest BCUT2D eigenvalue weighted by atomic mass is 9.92. The van der Waals surface area contributed by atoms with E-state index >= 15 is 0 Å². The number of sulfone groups is 1. The molecule has 0 spiro atoms. The number of nitrogens with one attached hydrogen (secondary N) is 1. The van der Waals surface area contributed by atoms with E-state index in [1.54, 1.807) is 0 Å². The van der Waals surface area contributed by atoms with Crippen LogP contribution in [0.15, 0.2) is 4.90 Å². The molecule has 3 rings (SSSR count). The maximum atomic E-state index is 12.4. The van der Waals surface area contributed by atoms with Crippen molar-refractivity contribution in [3.8, 4) is 0 Å². The van der Waals surface area contributed by atoms with Crippen molar-refractivity contribution in [3.05, 3.63) is 0 Å². The minimum Gasteiger partial charge on any atom is -0.382 e. The second-order valence-corrected chi connectivity index (χ2v) is 9.28. The number of anilines is 2. The van der Waals surface area contributed by atoms with Crippen molar-refractivity contribution in [1.82, 2.24) is 4.37 Å². The zero-order valence-corrected chi connectivity index (χ0v) is 13.5. The fourth-order valence-electron chi connectivity index (χ4n) is 2.60. The zero-order chi connectivity index (χ0) is 14.5. The third kappa shape index (κ3) is 2.30. The normalized spacial score (nSPS) is 21.1. The van der Waals surface area contributed by atoms with Crippen LogP contribution in [0.25, 0.3) is 0 Å². The molecular formula is C13H21N3O2S2. The van der Waals surface area contributed by atoms with Crippen LogP contribution in [-0.4, -0.2) is 24.6 Å². The SMILES string of the molecule is CC(C)C1(CNc2snc(N)c2S(=O)(=O)C2CC2)CC1. The Morgan fingerprint density at radius 2 is 2.10 bits per heavy atom. The van der Waals surface area contributed by atoms with E-state index in [1.807, 2.05) is 0 Å². The van der Waals surface area contributed by atoms with Crippen LogP contribution >= 0.6 is 11.5 Å². The molecule has 2 aliphatic carbocycles. The van der Waals surface area contributed by atoms with Crippen molar-refractivity contribution in [2.45, 2.75) is 49.7 Å². The van der Waals surface area contributed by atoms with Gasteiger partial charge in [0.15, 0.2) is 15.7 Å². The first-order valence-corrected chi connectivity index (χ1v) is 9.42. The second-order valence-electron chi connectivity index (χ2n) is 6.34. The van der Waals surface area contributed by atoms with Crippen LogP contribution in [0.1, 0.15) is 39.5 Å². The number of nitrogens with two attached hydrogens (primary N) is 1. The van der Waals surface area contributed by atoms with Gasteiger partial charge in [-0.05, 0) is 48.5 Å². The van der Waals surface area contributed by atoms with Gasteiger partial charge in [0.05, 0.1) is 5.25 Å². The van der Waals surface area contributed by atoms with Gasteiger partial charge in [0.1, 0.15) is 9.90 Å². The molecular weight excluding hydrogens is 294 g/mol. The Morgan fingerprint density at radius 3 is 2.60 bits per heavy atom. The molecule has 0 unspecified atom stereocenters. The third-order valence-electron chi connectivity index (χ3n) is 4.64. The topological polar surface area (TPSA) is 85.1 Å². The van der Waals surface area contributed by atoms with Gasteiger partial charge in [-0.15, -0.1) is 0 Å². The van der Waals surface area contributed by atoms with Crippen molar-refractivity contribution in [2.24, 2.45) is 11.3 Å². The summed E-state index contributed by atoms with van der Waals surface area (Å²) in [6.45, 7) is 5.24. The van der Waals surface area contributed by atoms with Crippen LogP contribution in [0, 0.1) is 11.3 Å². The summed E-state index contributed by atoms with van der Waals surface area (Å²) >= 11 is 1.16. The molecule has 1 heterocycles. The summed E-state index contributed by atoms with van der Waals surface area (Å²) in [6.07, 6.45) is 3.90. The molecule has 5 nitrogen and oxygen atoms in total. The molecule has 112 valence electrons. The Morgan fingerprint density at radius 1 is 1.45 bits per heavy atom. The fraction of sp³-hybridized carbons (Fsp3) is 0.769. The average molecular weight is 315 g/mol. The number of aromatic nitrogens is 1. The van der Waals surface area contributed by atoms with Crippen LogP contribution in [0.3, 0.4) is 0 Å². The smallest absolute Gasteiger partial charge is 0.187 e. The maximum Gasteiger partial charge on any atom is 0.187 e. The first-order valence-electron chi connectivity index (χ1n) is 7.10. The molecule has 20 heavy (non-hydrogen) atoms. The molecule has 2 fully saturated rings. The van der Waals surface area contributed by atoms with Crippen molar-refractivity contribution in [3.63, 3.8) is 0 Å². The summed E-state index contributed by atoms with van der Waals surface area (Å²) in [5.41, 5.74) is 6.11. The maximum absolute atomic E-state index is 12.4. The monoisotopic (exact) mass is 315 g/mol. The molecule has 0 amide bonds. The fourth-order valence-corrected chi connectivity index (χ4v) is 5.48. The molecule has 7 heteroatoms. The molecule has 2 saturated carbocycles. The Bertz CT molecular complexity index is 614. The van der Waals surface area contributed by atoms with Gasteiger partial charge >= 0.3 is 0 Å². The zero-order valence-electron chi connectivity index (χ0n) is 11.8. The minimum atomic E-state index is -3.29. The van der Waals surface area contributed by atoms with Gasteiger partial charge in [-0.3, -0.25) is 0 Å². The highest BCUT2D eigenvalue weighted by molar-refractivity contribution is 7.92. The molecule has 0 aliphatic heterocycles. The molecule has 3 N–H and O–H groups in total. The van der Waals surface area contributed by atoms with Gasteiger partial charge in [0.25, 0.3) is 0 Å². The van der Waals surface area contributed by atoms with Gasteiger partial charge in [-0.25, -0.2) is 8.42 Å². The lowest BCUT2D eigenvalue weighted by molar-refractivity contribution is 0.380. The van der Waals surface area contributed by atoms with E-state index in [0.717, 1.165) is 30.9 Å². The van der Waals surface area contributed by atoms with Crippen LogP contribution < -0.4 is 11.1 Å². The number of nitrogen functional groups attached to an aromatic ring is 1. The highest BCUT2D eigenvalue weighted by Gasteiger charge is 2.46. The first-order chi connectivity index (χ1) is 9.37. The molecule has 0 saturated heterocycles. The molecule has 1 aromatic heterocycles. The van der Waals surface area contributed by atoms with Crippen LogP contribution in [-0.2, 0) is 9.84 Å². The van der Waals surface area contributed by atoms with Gasteiger partial charge in [0.2, 0.25) is 0 Å². The largest absolute Gasteiger partial charge is 0.382 e. The molecule has 0 bridgehead atoms. The van der Waals surface area contributed by atoms with Crippen LogP contribution in [0.4, 0.5) is 10.8 Å². The van der Waals surface area contributed by atoms with Gasteiger partial charge < -0.3 is 11.1 Å². The quantitative estimate of drug-likeness (QED) is 0.842. The van der Waals surface area contributed by atoms with E-state index in [0.29, 0.717) is 16.3 Å². The lowest BCUT2D eigenvalue weighted by Gasteiger charge is -2.20. The Labute approximate surface area is 124 Å². The third-order valence-corrected chi connectivity index (χ3v) is 7.92.